The Morgan fingerprint density at radius 2 is 1.79 bits per heavy atom. The minimum absolute atomic E-state index is 0.0811. The van der Waals surface area contributed by atoms with Crippen molar-refractivity contribution < 1.29 is 19.8 Å². The van der Waals surface area contributed by atoms with Gasteiger partial charge in [-0.2, -0.15) is 0 Å². The van der Waals surface area contributed by atoms with Crippen molar-refractivity contribution in [3.8, 4) is 0 Å². The van der Waals surface area contributed by atoms with Crippen molar-refractivity contribution in [1.82, 2.24) is 5.32 Å². The molecule has 0 aliphatic heterocycles. The molecule has 0 aromatic rings. The number of aliphatic hydroxyl groups is 1. The Morgan fingerprint density at radius 1 is 1.26 bits per heavy atom. The first-order chi connectivity index (χ1) is 8.55. The van der Waals surface area contributed by atoms with E-state index in [-0.39, 0.29) is 24.8 Å². The van der Waals surface area contributed by atoms with Gasteiger partial charge in [0.05, 0.1) is 11.0 Å². The first-order valence-corrected chi connectivity index (χ1v) is 6.77. The highest BCUT2D eigenvalue weighted by atomic mass is 16.4. The van der Waals surface area contributed by atoms with Crippen LogP contribution in [-0.2, 0) is 9.59 Å². The number of hydrogen-bond acceptors (Lipinski definition) is 3. The van der Waals surface area contributed by atoms with E-state index >= 15 is 0 Å². The van der Waals surface area contributed by atoms with Crippen LogP contribution in [-0.4, -0.2) is 34.2 Å². The minimum atomic E-state index is -1.08. The lowest BCUT2D eigenvalue weighted by atomic mass is 9.76. The van der Waals surface area contributed by atoms with E-state index in [2.05, 4.69) is 5.32 Å². The van der Waals surface area contributed by atoms with Crippen molar-refractivity contribution in [3.05, 3.63) is 0 Å². The van der Waals surface area contributed by atoms with Gasteiger partial charge in [0.2, 0.25) is 5.91 Å². The molecule has 0 heterocycles. The molecule has 5 nitrogen and oxygen atoms in total. The Morgan fingerprint density at radius 3 is 2.16 bits per heavy atom. The maximum Gasteiger partial charge on any atom is 0.310 e. The van der Waals surface area contributed by atoms with E-state index in [0.717, 1.165) is 6.42 Å². The standard InChI is InChI=1S/C14H27NO4/c1-6-7-13(4,19)9-15-11(16)8-14(5,10(2)3)12(17)18/h10,19H,6-9H2,1-5H3,(H,15,16)(H,17,18). The predicted molar refractivity (Wildman–Crippen MR) is 73.7 cm³/mol. The number of carbonyl (C=O) groups excluding carboxylic acids is 1. The Kier molecular flexibility index (Phi) is 6.49. The minimum Gasteiger partial charge on any atom is -0.481 e. The second kappa shape index (κ2) is 6.89. The van der Waals surface area contributed by atoms with E-state index in [1.165, 1.54) is 0 Å². The first kappa shape index (κ1) is 17.9. The summed E-state index contributed by atoms with van der Waals surface area (Å²) in [6.07, 6.45) is 1.33. The molecule has 0 radical (unpaired) electrons. The lowest BCUT2D eigenvalue weighted by Gasteiger charge is -2.29. The van der Waals surface area contributed by atoms with Crippen LogP contribution < -0.4 is 5.32 Å². The molecule has 0 spiro atoms. The maximum absolute atomic E-state index is 11.8. The fourth-order valence-corrected chi connectivity index (χ4v) is 1.84. The van der Waals surface area contributed by atoms with Gasteiger partial charge in [-0.25, -0.2) is 0 Å². The molecule has 19 heavy (non-hydrogen) atoms. The van der Waals surface area contributed by atoms with Crippen molar-refractivity contribution in [2.45, 2.75) is 59.5 Å². The van der Waals surface area contributed by atoms with Crippen molar-refractivity contribution in [3.63, 3.8) is 0 Å². The molecule has 2 unspecified atom stereocenters. The van der Waals surface area contributed by atoms with Gasteiger partial charge in [-0.05, 0) is 26.2 Å². The molecule has 112 valence electrons. The largest absolute Gasteiger partial charge is 0.481 e. The van der Waals surface area contributed by atoms with E-state index in [1.54, 1.807) is 27.7 Å². The van der Waals surface area contributed by atoms with Crippen molar-refractivity contribution in [2.24, 2.45) is 11.3 Å². The summed E-state index contributed by atoms with van der Waals surface area (Å²) in [6, 6.07) is 0. The molecule has 0 bridgehead atoms. The van der Waals surface area contributed by atoms with Crippen LogP contribution in [0.15, 0.2) is 0 Å². The van der Waals surface area contributed by atoms with Gasteiger partial charge in [-0.3, -0.25) is 9.59 Å². The smallest absolute Gasteiger partial charge is 0.310 e. The summed E-state index contributed by atoms with van der Waals surface area (Å²) in [5.74, 6) is -1.46. The molecule has 0 aromatic carbocycles. The van der Waals surface area contributed by atoms with Crippen molar-refractivity contribution >= 4 is 11.9 Å². The number of carboxylic acids is 1. The van der Waals surface area contributed by atoms with Crippen LogP contribution in [0.2, 0.25) is 0 Å². The highest BCUT2D eigenvalue weighted by molar-refractivity contribution is 5.84. The summed E-state index contributed by atoms with van der Waals surface area (Å²) >= 11 is 0. The number of hydrogen-bond donors (Lipinski definition) is 3. The SMILES string of the molecule is CCCC(C)(O)CNC(=O)CC(C)(C(=O)O)C(C)C. The zero-order chi connectivity index (χ0) is 15.3. The molecular formula is C14H27NO4. The average molecular weight is 273 g/mol. The van der Waals surface area contributed by atoms with Crippen LogP contribution in [0.25, 0.3) is 0 Å². The topological polar surface area (TPSA) is 86.6 Å². The van der Waals surface area contributed by atoms with Crippen LogP contribution in [0.1, 0.15) is 53.9 Å². The quantitative estimate of drug-likeness (QED) is 0.629. The van der Waals surface area contributed by atoms with Gasteiger partial charge in [0.25, 0.3) is 0 Å². The van der Waals surface area contributed by atoms with Gasteiger partial charge in [-0.1, -0.05) is 27.2 Å². The van der Waals surface area contributed by atoms with E-state index in [9.17, 15) is 19.8 Å². The van der Waals surface area contributed by atoms with E-state index in [1.807, 2.05) is 6.92 Å². The van der Waals surface area contributed by atoms with E-state index < -0.39 is 17.0 Å². The predicted octanol–water partition coefficient (Wildman–Crippen LogP) is 1.79. The van der Waals surface area contributed by atoms with Gasteiger partial charge >= 0.3 is 5.97 Å². The molecule has 1 amide bonds. The Balaban J connectivity index is 4.50. The molecule has 0 aliphatic rings. The lowest BCUT2D eigenvalue weighted by molar-refractivity contribution is -0.153. The number of amides is 1. The highest BCUT2D eigenvalue weighted by Gasteiger charge is 2.39. The average Bonchev–Trinajstić information content (AvgIpc) is 2.25. The van der Waals surface area contributed by atoms with Gasteiger partial charge in [0, 0.05) is 13.0 Å². The van der Waals surface area contributed by atoms with Crippen molar-refractivity contribution in [2.75, 3.05) is 6.54 Å². The Bertz CT molecular complexity index is 325. The Labute approximate surface area is 115 Å². The van der Waals surface area contributed by atoms with Crippen molar-refractivity contribution in [1.29, 1.82) is 0 Å². The van der Waals surface area contributed by atoms with Crippen LogP contribution in [0.3, 0.4) is 0 Å². The lowest BCUT2D eigenvalue weighted by Crippen LogP contribution is -2.44. The van der Waals surface area contributed by atoms with Crippen LogP contribution in [0.4, 0.5) is 0 Å². The third-order valence-corrected chi connectivity index (χ3v) is 3.75. The molecule has 0 fully saturated rings. The first-order valence-electron chi connectivity index (χ1n) is 6.77. The summed E-state index contributed by atoms with van der Waals surface area (Å²) < 4.78 is 0. The Hall–Kier alpha value is -1.10. The fourth-order valence-electron chi connectivity index (χ4n) is 1.84. The molecule has 0 aromatic heterocycles. The number of aliphatic carboxylic acids is 1. The highest BCUT2D eigenvalue weighted by Crippen LogP contribution is 2.31. The molecule has 0 saturated carbocycles. The summed E-state index contributed by atoms with van der Waals surface area (Å²) in [6.45, 7) is 8.91. The van der Waals surface area contributed by atoms with Gasteiger partial charge < -0.3 is 15.5 Å². The fraction of sp³-hybridized carbons (Fsp3) is 0.857. The van der Waals surface area contributed by atoms with Gasteiger partial charge in [-0.15, -0.1) is 0 Å². The summed E-state index contributed by atoms with van der Waals surface area (Å²) in [5, 5.41) is 21.8. The van der Waals surface area contributed by atoms with E-state index in [4.69, 9.17) is 0 Å². The normalized spacial score (nSPS) is 17.6. The number of carbonyl (C=O) groups is 2. The van der Waals surface area contributed by atoms with Gasteiger partial charge in [0.1, 0.15) is 0 Å². The molecule has 0 aliphatic carbocycles. The summed E-state index contributed by atoms with van der Waals surface area (Å²) in [7, 11) is 0. The third-order valence-electron chi connectivity index (χ3n) is 3.75. The number of carboxylic acid groups (broad SMARTS) is 1. The monoisotopic (exact) mass is 273 g/mol. The second-order valence-corrected chi connectivity index (χ2v) is 6.08. The zero-order valence-electron chi connectivity index (χ0n) is 12.6. The summed E-state index contributed by atoms with van der Waals surface area (Å²) in [4.78, 5) is 23.1. The van der Waals surface area contributed by atoms with E-state index in [0.29, 0.717) is 6.42 Å². The van der Waals surface area contributed by atoms with Crippen LogP contribution in [0.5, 0.6) is 0 Å². The summed E-state index contributed by atoms with van der Waals surface area (Å²) in [5.41, 5.74) is -2.03. The molecule has 0 rings (SSSR count). The van der Waals surface area contributed by atoms with Crippen LogP contribution >= 0.6 is 0 Å². The van der Waals surface area contributed by atoms with Crippen LogP contribution in [0, 0.1) is 11.3 Å². The van der Waals surface area contributed by atoms with Gasteiger partial charge in [0.15, 0.2) is 0 Å². The molecule has 0 saturated heterocycles. The maximum atomic E-state index is 11.8. The molecular weight excluding hydrogens is 246 g/mol. The molecule has 3 N–H and O–H groups in total. The second-order valence-electron chi connectivity index (χ2n) is 6.08. The third kappa shape index (κ3) is 5.59. The number of rotatable bonds is 8. The molecule has 5 heteroatoms. The molecule has 2 atom stereocenters. The zero-order valence-corrected chi connectivity index (χ0v) is 12.6. The number of nitrogens with one attached hydrogen (secondary N) is 1.